The predicted octanol–water partition coefficient (Wildman–Crippen LogP) is 4.69. The summed E-state index contributed by atoms with van der Waals surface area (Å²) in [6.45, 7) is 8.81. The summed E-state index contributed by atoms with van der Waals surface area (Å²) >= 11 is 1.65. The summed E-state index contributed by atoms with van der Waals surface area (Å²) in [5, 5.41) is 6.57. The number of amides is 1. The lowest BCUT2D eigenvalue weighted by Gasteiger charge is -2.16. The lowest BCUT2D eigenvalue weighted by molar-refractivity contribution is 0.0974. The molecule has 0 saturated carbocycles. The van der Waals surface area contributed by atoms with Crippen molar-refractivity contribution in [1.82, 2.24) is 15.6 Å². The van der Waals surface area contributed by atoms with Gasteiger partial charge >= 0.3 is 0 Å². The summed E-state index contributed by atoms with van der Waals surface area (Å²) in [5.41, 5.74) is 12.9. The summed E-state index contributed by atoms with van der Waals surface area (Å²) in [6, 6.07) is 11.5. The molecule has 4 rings (SSSR count). The highest BCUT2D eigenvalue weighted by Gasteiger charge is 2.25. The van der Waals surface area contributed by atoms with Crippen LogP contribution in [-0.4, -0.2) is 17.0 Å². The van der Waals surface area contributed by atoms with Gasteiger partial charge in [0, 0.05) is 40.5 Å². The second-order valence-electron chi connectivity index (χ2n) is 8.17. The van der Waals surface area contributed by atoms with Gasteiger partial charge in [-0.3, -0.25) is 9.78 Å². The van der Waals surface area contributed by atoms with Crippen molar-refractivity contribution in [3.63, 3.8) is 0 Å². The number of anilines is 1. The quantitative estimate of drug-likeness (QED) is 0.435. The molecule has 0 fully saturated rings. The minimum absolute atomic E-state index is 0.0113. The first-order valence-corrected chi connectivity index (χ1v) is 11.6. The Hall–Kier alpha value is -3.16. The van der Waals surface area contributed by atoms with Crippen LogP contribution in [0.2, 0.25) is 0 Å². The van der Waals surface area contributed by atoms with Gasteiger partial charge in [0.25, 0.3) is 5.91 Å². The molecule has 0 aliphatic heterocycles. The van der Waals surface area contributed by atoms with E-state index in [9.17, 15) is 4.79 Å². The van der Waals surface area contributed by atoms with Gasteiger partial charge in [0.15, 0.2) is 0 Å². The lowest BCUT2D eigenvalue weighted by atomic mass is 10.00. The Kier molecular flexibility index (Phi) is 6.58. The third-order valence-corrected chi connectivity index (χ3v) is 6.28. The average Bonchev–Trinajstić information content (AvgIpc) is 3.42. The van der Waals surface area contributed by atoms with Crippen molar-refractivity contribution in [2.75, 3.05) is 5.73 Å². The van der Waals surface area contributed by atoms with E-state index in [4.69, 9.17) is 10.5 Å². The Bertz CT molecular complexity index is 1120. The van der Waals surface area contributed by atoms with Crippen LogP contribution in [-0.2, 0) is 13.0 Å². The molecule has 0 saturated heterocycles. The molecule has 0 spiro atoms. The molecule has 1 atom stereocenters. The molecule has 6 nitrogen and oxygen atoms in total. The number of fused-ring (bicyclic) bond motifs is 1. The zero-order chi connectivity index (χ0) is 22.7. The number of aromatic nitrogens is 1. The molecule has 2 aromatic carbocycles. The molecule has 7 heteroatoms. The Balaban J connectivity index is 1.45. The number of thiazole rings is 1. The van der Waals surface area contributed by atoms with Crippen LogP contribution in [0.3, 0.4) is 0 Å². The van der Waals surface area contributed by atoms with Crippen LogP contribution in [0.1, 0.15) is 58.2 Å². The molecule has 166 valence electrons. The van der Waals surface area contributed by atoms with Crippen LogP contribution >= 0.6 is 11.3 Å². The van der Waals surface area contributed by atoms with E-state index in [0.29, 0.717) is 22.7 Å². The number of hydrogen-bond acceptors (Lipinski definition) is 6. The zero-order valence-electron chi connectivity index (χ0n) is 18.4. The molecular formula is C25H28N4O2S. The first-order chi connectivity index (χ1) is 15.4. The molecule has 0 radical (unpaired) electrons. The summed E-state index contributed by atoms with van der Waals surface area (Å²) in [5.74, 6) is 0.335. The fourth-order valence-corrected chi connectivity index (χ4v) is 4.58. The van der Waals surface area contributed by atoms with Crippen LogP contribution in [0.15, 0.2) is 54.7 Å². The van der Waals surface area contributed by atoms with Crippen molar-refractivity contribution in [2.24, 2.45) is 0 Å². The minimum atomic E-state index is -0.242. The maximum Gasteiger partial charge on any atom is 0.255 e. The largest absolute Gasteiger partial charge is 0.489 e. The molecule has 1 amide bonds. The fraction of sp³-hybridized carbons (Fsp3) is 0.280. The molecule has 1 aliphatic carbocycles. The monoisotopic (exact) mass is 448 g/mol. The number of nitrogens with one attached hydrogen (secondary N) is 2. The van der Waals surface area contributed by atoms with Gasteiger partial charge < -0.3 is 21.1 Å². The van der Waals surface area contributed by atoms with Crippen molar-refractivity contribution >= 4 is 28.6 Å². The van der Waals surface area contributed by atoms with E-state index in [1.165, 1.54) is 16.0 Å². The van der Waals surface area contributed by atoms with E-state index < -0.39 is 0 Å². The first-order valence-electron chi connectivity index (χ1n) is 10.7. The van der Waals surface area contributed by atoms with Crippen molar-refractivity contribution in [2.45, 2.75) is 45.4 Å². The Morgan fingerprint density at radius 2 is 2.19 bits per heavy atom. The van der Waals surface area contributed by atoms with Crippen LogP contribution in [0, 0.1) is 0 Å². The van der Waals surface area contributed by atoms with Gasteiger partial charge in [-0.2, -0.15) is 0 Å². The van der Waals surface area contributed by atoms with E-state index in [1.807, 2.05) is 37.7 Å². The van der Waals surface area contributed by atoms with Gasteiger partial charge in [0.1, 0.15) is 5.75 Å². The number of nitrogens with zero attached hydrogens (tertiary/aromatic N) is 1. The molecule has 3 aromatic rings. The second-order valence-corrected chi connectivity index (χ2v) is 9.14. The van der Waals surface area contributed by atoms with Gasteiger partial charge in [0.05, 0.1) is 17.3 Å². The molecule has 1 heterocycles. The number of benzene rings is 2. The Labute approximate surface area is 192 Å². The van der Waals surface area contributed by atoms with Crippen LogP contribution < -0.4 is 21.1 Å². The van der Waals surface area contributed by atoms with Gasteiger partial charge in [-0.1, -0.05) is 24.8 Å². The Morgan fingerprint density at radius 3 is 2.91 bits per heavy atom. The minimum Gasteiger partial charge on any atom is -0.489 e. The van der Waals surface area contributed by atoms with Crippen molar-refractivity contribution in [3.8, 4) is 5.75 Å². The van der Waals surface area contributed by atoms with E-state index in [1.54, 1.807) is 29.5 Å². The number of rotatable bonds is 8. The number of nitrogens with two attached hydrogens (primary N) is 1. The van der Waals surface area contributed by atoms with E-state index in [2.05, 4.69) is 28.3 Å². The topological polar surface area (TPSA) is 89.3 Å². The van der Waals surface area contributed by atoms with Gasteiger partial charge in [0.2, 0.25) is 0 Å². The number of ether oxygens (including phenoxy) is 1. The molecular weight excluding hydrogens is 420 g/mol. The first kappa shape index (κ1) is 22.0. The predicted molar refractivity (Wildman–Crippen MR) is 130 cm³/mol. The average molecular weight is 449 g/mol. The highest BCUT2D eigenvalue weighted by atomic mass is 32.1. The number of carbonyl (C=O) groups is 1. The number of carbonyl (C=O) groups excluding carboxylic acids is 1. The standard InChI is InChI=1S/C25H28N4O2S/c1-15(2)31-24-10-7-17(11-22(24)26)25(30)29-16(3)19-5-4-6-21-20(19)8-9-23(21)28-13-18-12-27-14-32-18/h4-7,10-12,14-15,23,28H,3,8-9,13,26H2,1-2H3,(H,29,30)/t23-/m0/s1. The number of hydrogen-bond donors (Lipinski definition) is 3. The maximum absolute atomic E-state index is 12.8. The van der Waals surface area contributed by atoms with Crippen LogP contribution in [0.4, 0.5) is 5.69 Å². The van der Waals surface area contributed by atoms with Gasteiger partial charge in [-0.25, -0.2) is 0 Å². The zero-order valence-corrected chi connectivity index (χ0v) is 19.2. The maximum atomic E-state index is 12.8. The smallest absolute Gasteiger partial charge is 0.255 e. The number of nitrogen functional groups attached to an aromatic ring is 1. The molecule has 32 heavy (non-hydrogen) atoms. The summed E-state index contributed by atoms with van der Waals surface area (Å²) < 4.78 is 5.65. The van der Waals surface area contributed by atoms with E-state index in [0.717, 1.165) is 24.9 Å². The lowest BCUT2D eigenvalue weighted by Crippen LogP contribution is -2.22. The molecule has 4 N–H and O–H groups in total. The van der Waals surface area contributed by atoms with Crippen LogP contribution in [0.25, 0.3) is 5.70 Å². The third-order valence-electron chi connectivity index (χ3n) is 5.50. The van der Waals surface area contributed by atoms with Crippen LogP contribution in [0.5, 0.6) is 5.75 Å². The van der Waals surface area contributed by atoms with Crippen molar-refractivity contribution in [3.05, 3.63) is 81.8 Å². The molecule has 1 aliphatic rings. The summed E-state index contributed by atoms with van der Waals surface area (Å²) in [7, 11) is 0. The molecule has 0 unspecified atom stereocenters. The summed E-state index contributed by atoms with van der Waals surface area (Å²) in [6.07, 6.45) is 3.86. The van der Waals surface area contributed by atoms with Gasteiger partial charge in [-0.05, 0) is 56.0 Å². The highest BCUT2D eigenvalue weighted by Crippen LogP contribution is 2.35. The fourth-order valence-electron chi connectivity index (χ4n) is 4.03. The van der Waals surface area contributed by atoms with E-state index >= 15 is 0 Å². The van der Waals surface area contributed by atoms with Crippen molar-refractivity contribution in [1.29, 1.82) is 0 Å². The summed E-state index contributed by atoms with van der Waals surface area (Å²) in [4.78, 5) is 18.2. The molecule has 1 aromatic heterocycles. The van der Waals surface area contributed by atoms with Gasteiger partial charge in [-0.15, -0.1) is 11.3 Å². The second kappa shape index (κ2) is 9.54. The molecule has 0 bridgehead atoms. The van der Waals surface area contributed by atoms with E-state index in [-0.39, 0.29) is 18.1 Å². The normalized spacial score (nSPS) is 14.9. The SMILES string of the molecule is C=C(NC(=O)c1ccc(OC(C)C)c(N)c1)c1cccc2c1CC[C@@H]2NCc1cncs1. The third kappa shape index (κ3) is 4.84. The highest BCUT2D eigenvalue weighted by molar-refractivity contribution is 7.09. The Morgan fingerprint density at radius 1 is 1.34 bits per heavy atom. The van der Waals surface area contributed by atoms with Crippen molar-refractivity contribution < 1.29 is 9.53 Å².